The predicted molar refractivity (Wildman–Crippen MR) is 81.0 cm³/mol. The van der Waals surface area contributed by atoms with Crippen molar-refractivity contribution in [2.75, 3.05) is 13.2 Å². The van der Waals surface area contributed by atoms with Crippen molar-refractivity contribution in [3.8, 4) is 0 Å². The van der Waals surface area contributed by atoms with Gasteiger partial charge in [-0.2, -0.15) is 0 Å². The molecule has 1 fully saturated rings. The van der Waals surface area contributed by atoms with Crippen LogP contribution >= 0.6 is 0 Å². The van der Waals surface area contributed by atoms with Gasteiger partial charge in [-0.3, -0.25) is 0 Å². The van der Waals surface area contributed by atoms with Gasteiger partial charge in [0.25, 0.3) is 0 Å². The summed E-state index contributed by atoms with van der Waals surface area (Å²) >= 11 is 0. The van der Waals surface area contributed by atoms with Gasteiger partial charge in [0.05, 0.1) is 6.54 Å². The number of aromatic nitrogens is 4. The predicted octanol–water partition coefficient (Wildman–Crippen LogP) is 1.39. The maximum Gasteiger partial charge on any atom is 0.164 e. The maximum atomic E-state index is 5.61. The zero-order valence-corrected chi connectivity index (χ0v) is 12.8. The summed E-state index contributed by atoms with van der Waals surface area (Å²) in [6, 6.07) is 9.14. The molecule has 2 aliphatic rings. The Morgan fingerprint density at radius 1 is 1.32 bits per heavy atom. The van der Waals surface area contributed by atoms with Crippen molar-refractivity contribution in [1.82, 2.24) is 25.5 Å². The highest BCUT2D eigenvalue weighted by Gasteiger charge is 2.46. The molecule has 22 heavy (non-hydrogen) atoms. The topological polar surface area (TPSA) is 64.9 Å². The fourth-order valence-corrected chi connectivity index (χ4v) is 3.95. The standard InChI is InChI=1S/C16H21N5O/c1-21-14(18-19-20-21)11-17-15-13-5-3-2-4-12(13)10-16(15)6-8-22-9-7-16/h2-5,15,17H,6-11H2,1H3. The molecule has 1 aliphatic heterocycles. The highest BCUT2D eigenvalue weighted by molar-refractivity contribution is 5.38. The highest BCUT2D eigenvalue weighted by Crippen LogP contribution is 2.51. The Labute approximate surface area is 129 Å². The maximum absolute atomic E-state index is 5.61. The number of tetrazole rings is 1. The van der Waals surface area contributed by atoms with Crippen molar-refractivity contribution < 1.29 is 4.74 Å². The van der Waals surface area contributed by atoms with Crippen LogP contribution in [0.3, 0.4) is 0 Å². The van der Waals surface area contributed by atoms with E-state index in [-0.39, 0.29) is 5.41 Å². The molecule has 1 aliphatic carbocycles. The zero-order valence-electron chi connectivity index (χ0n) is 12.8. The molecule has 6 heteroatoms. The molecule has 1 N–H and O–H groups in total. The summed E-state index contributed by atoms with van der Waals surface area (Å²) in [5.41, 5.74) is 3.17. The molecule has 1 aromatic carbocycles. The van der Waals surface area contributed by atoms with Gasteiger partial charge >= 0.3 is 0 Å². The third-order valence-electron chi connectivity index (χ3n) is 5.18. The minimum atomic E-state index is 0.272. The Morgan fingerprint density at radius 2 is 2.14 bits per heavy atom. The fraction of sp³-hybridized carbons (Fsp3) is 0.562. The summed E-state index contributed by atoms with van der Waals surface area (Å²) in [4.78, 5) is 0. The van der Waals surface area contributed by atoms with Gasteiger partial charge in [0.15, 0.2) is 5.82 Å². The minimum absolute atomic E-state index is 0.272. The molecule has 1 aromatic heterocycles. The van der Waals surface area contributed by atoms with Crippen molar-refractivity contribution in [2.24, 2.45) is 12.5 Å². The van der Waals surface area contributed by atoms with Crippen LogP contribution in [0.1, 0.15) is 35.8 Å². The zero-order chi connectivity index (χ0) is 15.0. The van der Waals surface area contributed by atoms with Gasteiger partial charge in [-0.15, -0.1) is 5.10 Å². The smallest absolute Gasteiger partial charge is 0.164 e. The van der Waals surface area contributed by atoms with Crippen molar-refractivity contribution in [3.63, 3.8) is 0 Å². The largest absolute Gasteiger partial charge is 0.381 e. The van der Waals surface area contributed by atoms with Gasteiger partial charge in [0.2, 0.25) is 0 Å². The van der Waals surface area contributed by atoms with Gasteiger partial charge in [0.1, 0.15) is 0 Å². The lowest BCUT2D eigenvalue weighted by atomic mass is 9.74. The number of hydrogen-bond donors (Lipinski definition) is 1. The molecule has 0 amide bonds. The van der Waals surface area contributed by atoms with Crippen LogP contribution in [0, 0.1) is 5.41 Å². The van der Waals surface area contributed by atoms with Crippen LogP contribution in [-0.2, 0) is 24.8 Å². The Bertz CT molecular complexity index is 662. The van der Waals surface area contributed by atoms with Crippen LogP contribution in [0.4, 0.5) is 0 Å². The van der Waals surface area contributed by atoms with Crippen LogP contribution in [0.15, 0.2) is 24.3 Å². The van der Waals surface area contributed by atoms with Crippen molar-refractivity contribution in [2.45, 2.75) is 31.8 Å². The number of rotatable bonds is 3. The van der Waals surface area contributed by atoms with Crippen molar-refractivity contribution in [1.29, 1.82) is 0 Å². The van der Waals surface area contributed by atoms with Gasteiger partial charge in [-0.1, -0.05) is 24.3 Å². The molecule has 2 heterocycles. The molecule has 4 rings (SSSR count). The van der Waals surface area contributed by atoms with E-state index in [1.165, 1.54) is 11.1 Å². The van der Waals surface area contributed by atoms with E-state index < -0.39 is 0 Å². The van der Waals surface area contributed by atoms with Crippen LogP contribution in [0.25, 0.3) is 0 Å². The first-order chi connectivity index (χ1) is 10.8. The van der Waals surface area contributed by atoms with E-state index in [9.17, 15) is 0 Å². The number of benzene rings is 1. The summed E-state index contributed by atoms with van der Waals surface area (Å²) in [6.45, 7) is 2.40. The summed E-state index contributed by atoms with van der Waals surface area (Å²) < 4.78 is 7.34. The number of nitrogens with one attached hydrogen (secondary N) is 1. The summed E-state index contributed by atoms with van der Waals surface area (Å²) in [5, 5.41) is 15.4. The SMILES string of the molecule is Cn1nnnc1CNC1c2ccccc2CC12CCOCC2. The molecule has 1 saturated heterocycles. The molecular weight excluding hydrogens is 278 g/mol. The molecule has 1 unspecified atom stereocenters. The Kier molecular flexibility index (Phi) is 3.43. The quantitative estimate of drug-likeness (QED) is 0.928. The second-order valence-corrected chi connectivity index (χ2v) is 6.38. The average molecular weight is 299 g/mol. The number of fused-ring (bicyclic) bond motifs is 1. The summed E-state index contributed by atoms with van der Waals surface area (Å²) in [7, 11) is 1.88. The second-order valence-electron chi connectivity index (χ2n) is 6.38. The van der Waals surface area contributed by atoms with E-state index >= 15 is 0 Å². The molecule has 1 atom stereocenters. The highest BCUT2D eigenvalue weighted by atomic mass is 16.5. The van der Waals surface area contributed by atoms with E-state index in [0.717, 1.165) is 38.3 Å². The second kappa shape index (κ2) is 5.44. The third-order valence-corrected chi connectivity index (χ3v) is 5.18. The monoisotopic (exact) mass is 299 g/mol. The summed E-state index contributed by atoms with van der Waals surface area (Å²) in [5.74, 6) is 0.867. The molecule has 116 valence electrons. The normalized spacial score (nSPS) is 22.9. The molecule has 2 aromatic rings. The number of aryl methyl sites for hydroxylation is 1. The van der Waals surface area contributed by atoms with E-state index in [1.54, 1.807) is 4.68 Å². The fourth-order valence-electron chi connectivity index (χ4n) is 3.95. The van der Waals surface area contributed by atoms with Gasteiger partial charge in [-0.25, -0.2) is 4.68 Å². The third kappa shape index (κ3) is 2.23. The lowest BCUT2D eigenvalue weighted by Gasteiger charge is -2.39. The van der Waals surface area contributed by atoms with Crippen LogP contribution in [0.5, 0.6) is 0 Å². The lowest BCUT2D eigenvalue weighted by molar-refractivity contribution is -0.000388. The molecular formula is C16H21N5O. The van der Waals surface area contributed by atoms with Gasteiger partial charge in [-0.05, 0) is 46.2 Å². The first-order valence-corrected chi connectivity index (χ1v) is 7.89. The van der Waals surface area contributed by atoms with Gasteiger partial charge < -0.3 is 10.1 Å². The van der Waals surface area contributed by atoms with Crippen molar-refractivity contribution in [3.05, 3.63) is 41.2 Å². The van der Waals surface area contributed by atoms with E-state index in [2.05, 4.69) is 45.1 Å². The Balaban J connectivity index is 1.62. The number of ether oxygens (including phenoxy) is 1. The Morgan fingerprint density at radius 3 is 2.91 bits per heavy atom. The van der Waals surface area contributed by atoms with E-state index in [1.807, 2.05) is 7.05 Å². The Hall–Kier alpha value is -1.79. The van der Waals surface area contributed by atoms with Crippen molar-refractivity contribution >= 4 is 0 Å². The summed E-state index contributed by atoms with van der Waals surface area (Å²) in [6.07, 6.45) is 3.36. The van der Waals surface area contributed by atoms with E-state index in [0.29, 0.717) is 12.6 Å². The molecule has 0 saturated carbocycles. The van der Waals surface area contributed by atoms with Crippen LogP contribution < -0.4 is 5.32 Å². The average Bonchev–Trinajstić information content (AvgIpc) is 3.07. The minimum Gasteiger partial charge on any atom is -0.381 e. The van der Waals surface area contributed by atoms with Crippen LogP contribution in [-0.4, -0.2) is 33.4 Å². The number of hydrogen-bond acceptors (Lipinski definition) is 5. The van der Waals surface area contributed by atoms with Gasteiger partial charge in [0, 0.05) is 26.3 Å². The van der Waals surface area contributed by atoms with Crippen LogP contribution in [0.2, 0.25) is 0 Å². The van der Waals surface area contributed by atoms with E-state index in [4.69, 9.17) is 4.74 Å². The lowest BCUT2D eigenvalue weighted by Crippen LogP contribution is -2.40. The molecule has 0 bridgehead atoms. The molecule has 1 spiro atoms. The molecule has 0 radical (unpaired) electrons. The number of nitrogens with zero attached hydrogens (tertiary/aromatic N) is 4. The molecule has 6 nitrogen and oxygen atoms in total. The first-order valence-electron chi connectivity index (χ1n) is 7.89. The first kappa shape index (κ1) is 13.8.